The molecule has 0 amide bonds. The summed E-state index contributed by atoms with van der Waals surface area (Å²) < 4.78 is 10.3. The van der Waals surface area contributed by atoms with E-state index in [1.807, 2.05) is 30.3 Å². The van der Waals surface area contributed by atoms with Crippen LogP contribution in [0.15, 0.2) is 43.7 Å². The minimum absolute atomic E-state index is 0.526. The fourth-order valence-corrected chi connectivity index (χ4v) is 3.81. The van der Waals surface area contributed by atoms with E-state index in [1.54, 1.807) is 4.68 Å². The Labute approximate surface area is 161 Å². The Kier molecular flexibility index (Phi) is 5.57. The molecular weight excluding hydrogens is 456 g/mol. The minimum atomic E-state index is 0.526. The quantitative estimate of drug-likeness (QED) is 0.471. The lowest BCUT2D eigenvalue weighted by molar-refractivity contribution is 0.520. The summed E-state index contributed by atoms with van der Waals surface area (Å²) >= 11 is 12.3. The van der Waals surface area contributed by atoms with Crippen LogP contribution in [-0.2, 0) is 13.0 Å². The van der Waals surface area contributed by atoms with Gasteiger partial charge in [-0.25, -0.2) is 4.68 Å². The summed E-state index contributed by atoms with van der Waals surface area (Å²) in [6.45, 7) is 2.63. The highest BCUT2D eigenvalue weighted by Gasteiger charge is 2.10. The first-order valence-corrected chi connectivity index (χ1v) is 9.52. The number of furan rings is 1. The number of hydrogen-bond acceptors (Lipinski definition) is 4. The van der Waals surface area contributed by atoms with Gasteiger partial charge in [0.1, 0.15) is 11.5 Å². The average Bonchev–Trinajstić information content (AvgIpc) is 3.13. The molecule has 0 aliphatic rings. The van der Waals surface area contributed by atoms with Crippen LogP contribution in [0.5, 0.6) is 0 Å². The van der Waals surface area contributed by atoms with E-state index in [-0.39, 0.29) is 0 Å². The third-order valence-electron chi connectivity index (χ3n) is 3.49. The minimum Gasteiger partial charge on any atom is -0.459 e. The lowest BCUT2D eigenvalue weighted by atomic mass is 10.2. The van der Waals surface area contributed by atoms with Crippen molar-refractivity contribution >= 4 is 44.1 Å². The first-order valence-electron chi connectivity index (χ1n) is 7.52. The van der Waals surface area contributed by atoms with Crippen molar-refractivity contribution in [1.29, 1.82) is 0 Å². The van der Waals surface area contributed by atoms with Gasteiger partial charge in [0.2, 0.25) is 4.77 Å². The number of halogens is 2. The Morgan fingerprint density at radius 1 is 1.29 bits per heavy atom. The maximum Gasteiger partial charge on any atom is 0.214 e. The number of rotatable bonds is 6. The van der Waals surface area contributed by atoms with Crippen LogP contribution in [0, 0.1) is 4.77 Å². The molecule has 0 unspecified atom stereocenters. The van der Waals surface area contributed by atoms with Gasteiger partial charge in [-0.15, -0.1) is 0 Å². The summed E-state index contributed by atoms with van der Waals surface area (Å²) in [7, 11) is 0. The van der Waals surface area contributed by atoms with Gasteiger partial charge in [-0.05, 0) is 64.9 Å². The van der Waals surface area contributed by atoms with Crippen LogP contribution in [0.4, 0.5) is 0 Å². The van der Waals surface area contributed by atoms with Crippen molar-refractivity contribution in [2.75, 3.05) is 5.43 Å². The lowest BCUT2D eigenvalue weighted by Gasteiger charge is -2.08. The van der Waals surface area contributed by atoms with Crippen molar-refractivity contribution < 1.29 is 4.42 Å². The second-order valence-electron chi connectivity index (χ2n) is 5.26. The van der Waals surface area contributed by atoms with Crippen LogP contribution in [0.3, 0.4) is 0 Å². The highest BCUT2D eigenvalue weighted by Crippen LogP contribution is 2.31. The Balaban J connectivity index is 1.75. The molecule has 0 atom stereocenters. The van der Waals surface area contributed by atoms with Gasteiger partial charge in [0, 0.05) is 20.9 Å². The summed E-state index contributed by atoms with van der Waals surface area (Å²) in [6.07, 6.45) is 1.86. The third kappa shape index (κ3) is 3.81. The molecule has 0 fully saturated rings. The Hall–Kier alpha value is -1.38. The molecule has 2 aromatic heterocycles. The molecule has 0 spiro atoms. The topological polar surface area (TPSA) is 58.8 Å². The SMILES string of the molecule is CCCc1n[nH]c(=S)n1NCc1ccc(-c2ccc(Br)cc2Br)o1. The zero-order chi connectivity index (χ0) is 17.1. The van der Waals surface area contributed by atoms with Gasteiger partial charge >= 0.3 is 0 Å². The summed E-state index contributed by atoms with van der Waals surface area (Å²) in [5.41, 5.74) is 4.27. The van der Waals surface area contributed by atoms with E-state index in [4.69, 9.17) is 16.6 Å². The number of benzene rings is 1. The van der Waals surface area contributed by atoms with Gasteiger partial charge < -0.3 is 9.84 Å². The Bertz CT molecular complexity index is 900. The predicted molar refractivity (Wildman–Crippen MR) is 104 cm³/mol. The maximum atomic E-state index is 5.94. The molecule has 5 nitrogen and oxygen atoms in total. The van der Waals surface area contributed by atoms with E-state index in [9.17, 15) is 0 Å². The van der Waals surface area contributed by atoms with E-state index in [2.05, 4.69) is 54.4 Å². The molecule has 126 valence electrons. The van der Waals surface area contributed by atoms with E-state index >= 15 is 0 Å². The number of nitrogens with zero attached hydrogens (tertiary/aromatic N) is 2. The van der Waals surface area contributed by atoms with Crippen molar-refractivity contribution in [3.8, 4) is 11.3 Å². The van der Waals surface area contributed by atoms with Crippen LogP contribution in [0.25, 0.3) is 11.3 Å². The third-order valence-corrected chi connectivity index (χ3v) is 4.91. The van der Waals surface area contributed by atoms with E-state index in [0.29, 0.717) is 11.3 Å². The summed E-state index contributed by atoms with van der Waals surface area (Å²) in [5.74, 6) is 2.53. The van der Waals surface area contributed by atoms with Gasteiger partial charge in [0.15, 0.2) is 5.82 Å². The monoisotopic (exact) mass is 470 g/mol. The molecule has 24 heavy (non-hydrogen) atoms. The molecule has 0 aliphatic heterocycles. The Morgan fingerprint density at radius 3 is 2.88 bits per heavy atom. The van der Waals surface area contributed by atoms with Crippen LogP contribution in [0.2, 0.25) is 0 Å². The van der Waals surface area contributed by atoms with E-state index in [0.717, 1.165) is 44.7 Å². The fourth-order valence-electron chi connectivity index (χ4n) is 2.35. The molecule has 0 aliphatic carbocycles. The Morgan fingerprint density at radius 2 is 2.12 bits per heavy atom. The molecular formula is C16H16Br2N4OS. The summed E-state index contributed by atoms with van der Waals surface area (Å²) in [6, 6.07) is 9.92. The number of hydrogen-bond donors (Lipinski definition) is 2. The molecule has 0 saturated heterocycles. The number of aryl methyl sites for hydroxylation is 1. The molecule has 1 aromatic carbocycles. The van der Waals surface area contributed by atoms with Crippen LogP contribution in [-0.4, -0.2) is 14.9 Å². The van der Waals surface area contributed by atoms with Crippen LogP contribution >= 0.6 is 44.1 Å². The standard InChI is InChI=1S/C16H16Br2N4OS/c1-2-3-15-20-21-16(24)22(15)19-9-11-5-7-14(23-11)12-6-4-10(17)8-13(12)18/h4-8,19H,2-3,9H2,1H3,(H,21,24). The number of aromatic amines is 1. The summed E-state index contributed by atoms with van der Waals surface area (Å²) in [5, 5.41) is 7.05. The van der Waals surface area contributed by atoms with Gasteiger partial charge in [-0.3, -0.25) is 5.10 Å². The molecule has 2 N–H and O–H groups in total. The first kappa shape index (κ1) is 17.4. The normalized spacial score (nSPS) is 11.0. The first-order chi connectivity index (χ1) is 11.6. The van der Waals surface area contributed by atoms with Gasteiger partial charge in [0.05, 0.1) is 6.54 Å². The number of aromatic nitrogens is 3. The van der Waals surface area contributed by atoms with Crippen LogP contribution in [0.1, 0.15) is 24.9 Å². The maximum absolute atomic E-state index is 5.94. The van der Waals surface area contributed by atoms with Gasteiger partial charge in [-0.1, -0.05) is 22.9 Å². The highest BCUT2D eigenvalue weighted by atomic mass is 79.9. The molecule has 8 heteroatoms. The molecule has 0 bridgehead atoms. The fraction of sp³-hybridized carbons (Fsp3) is 0.250. The van der Waals surface area contributed by atoms with E-state index in [1.165, 1.54) is 0 Å². The molecule has 3 aromatic rings. The van der Waals surface area contributed by atoms with Crippen molar-refractivity contribution in [3.05, 3.63) is 55.6 Å². The summed E-state index contributed by atoms with van der Waals surface area (Å²) in [4.78, 5) is 0. The molecule has 0 saturated carbocycles. The molecule has 0 radical (unpaired) electrons. The molecule has 2 heterocycles. The van der Waals surface area contributed by atoms with Crippen molar-refractivity contribution in [1.82, 2.24) is 14.9 Å². The van der Waals surface area contributed by atoms with Crippen molar-refractivity contribution in [3.63, 3.8) is 0 Å². The zero-order valence-corrected chi connectivity index (χ0v) is 17.0. The van der Waals surface area contributed by atoms with Crippen molar-refractivity contribution in [2.45, 2.75) is 26.3 Å². The van der Waals surface area contributed by atoms with E-state index < -0.39 is 0 Å². The van der Waals surface area contributed by atoms with Crippen LogP contribution < -0.4 is 5.43 Å². The number of nitrogens with one attached hydrogen (secondary N) is 2. The van der Waals surface area contributed by atoms with Crippen molar-refractivity contribution in [2.24, 2.45) is 0 Å². The zero-order valence-electron chi connectivity index (χ0n) is 13.0. The second kappa shape index (κ2) is 7.67. The highest BCUT2D eigenvalue weighted by molar-refractivity contribution is 9.11. The second-order valence-corrected chi connectivity index (χ2v) is 7.41. The smallest absolute Gasteiger partial charge is 0.214 e. The van der Waals surface area contributed by atoms with Gasteiger partial charge in [-0.2, -0.15) is 5.10 Å². The molecule has 3 rings (SSSR count). The van der Waals surface area contributed by atoms with Gasteiger partial charge in [0.25, 0.3) is 0 Å². The predicted octanol–water partition coefficient (Wildman–Crippen LogP) is 5.42. The number of H-pyrrole nitrogens is 1. The lowest BCUT2D eigenvalue weighted by Crippen LogP contribution is -2.17. The average molecular weight is 472 g/mol. The largest absolute Gasteiger partial charge is 0.459 e.